The number of benzene rings is 1. The van der Waals surface area contributed by atoms with Crippen molar-refractivity contribution < 1.29 is 5.11 Å². The van der Waals surface area contributed by atoms with Crippen LogP contribution in [0.3, 0.4) is 0 Å². The highest BCUT2D eigenvalue weighted by Gasteiger charge is 2.09. The summed E-state index contributed by atoms with van der Waals surface area (Å²) in [5, 5.41) is 19.8. The fraction of sp³-hybridized carbons (Fsp3) is 0.143. The van der Waals surface area contributed by atoms with Gasteiger partial charge in [-0.1, -0.05) is 11.6 Å². The lowest BCUT2D eigenvalue weighted by Crippen LogP contribution is -1.80. The fourth-order valence-electron chi connectivity index (χ4n) is 1.10. The number of hydrogen-bond acceptors (Lipinski definition) is 3. The molecule has 2 rings (SSSR count). The number of aromatic nitrogens is 3. The Morgan fingerprint density at radius 3 is 3.00 bits per heavy atom. The van der Waals surface area contributed by atoms with Crippen LogP contribution in [0.2, 0.25) is 5.02 Å². The van der Waals surface area contributed by atoms with Crippen molar-refractivity contribution in [3.05, 3.63) is 16.7 Å². The Morgan fingerprint density at radius 2 is 2.25 bits per heavy atom. The van der Waals surface area contributed by atoms with Gasteiger partial charge in [-0.15, -0.1) is 0 Å². The molecule has 1 aromatic heterocycles. The predicted octanol–water partition coefficient (Wildman–Crippen LogP) is 1.63. The van der Waals surface area contributed by atoms with Crippen LogP contribution >= 0.6 is 11.6 Å². The number of H-pyrrole nitrogens is 1. The molecule has 0 aliphatic carbocycles. The van der Waals surface area contributed by atoms with Gasteiger partial charge in [0.2, 0.25) is 0 Å². The molecule has 0 radical (unpaired) electrons. The van der Waals surface area contributed by atoms with Crippen molar-refractivity contribution >= 4 is 22.6 Å². The summed E-state index contributed by atoms with van der Waals surface area (Å²) in [5.41, 5.74) is 2.05. The molecule has 2 N–H and O–H groups in total. The number of aromatic hydroxyl groups is 1. The van der Waals surface area contributed by atoms with Gasteiger partial charge in [-0.2, -0.15) is 15.4 Å². The molecule has 1 aromatic carbocycles. The summed E-state index contributed by atoms with van der Waals surface area (Å²) in [6, 6.07) is 1.48. The summed E-state index contributed by atoms with van der Waals surface area (Å²) in [5.74, 6) is 0.0376. The van der Waals surface area contributed by atoms with E-state index in [-0.39, 0.29) is 5.75 Å². The van der Waals surface area contributed by atoms with Crippen LogP contribution in [0.5, 0.6) is 5.75 Å². The molecule has 0 spiro atoms. The molecule has 62 valence electrons. The van der Waals surface area contributed by atoms with Crippen molar-refractivity contribution in [2.75, 3.05) is 0 Å². The maximum atomic E-state index is 9.30. The van der Waals surface area contributed by atoms with Gasteiger partial charge in [0.15, 0.2) is 0 Å². The van der Waals surface area contributed by atoms with Gasteiger partial charge in [-0.25, -0.2) is 0 Å². The number of aryl methyl sites for hydroxylation is 1. The first-order valence-corrected chi connectivity index (χ1v) is 3.76. The smallest absolute Gasteiger partial charge is 0.136 e. The van der Waals surface area contributed by atoms with Crippen LogP contribution in [-0.2, 0) is 0 Å². The molecule has 0 saturated heterocycles. The molecule has 4 nitrogen and oxygen atoms in total. The van der Waals surface area contributed by atoms with E-state index in [1.165, 1.54) is 6.07 Å². The lowest BCUT2D eigenvalue weighted by atomic mass is 10.2. The van der Waals surface area contributed by atoms with E-state index in [1.54, 1.807) is 6.92 Å². The number of nitrogens with one attached hydrogen (secondary N) is 1. The largest absolute Gasteiger partial charge is 0.506 e. The second-order valence-corrected chi connectivity index (χ2v) is 2.90. The number of aromatic amines is 1. The second-order valence-electron chi connectivity index (χ2n) is 2.53. The third-order valence-electron chi connectivity index (χ3n) is 1.76. The van der Waals surface area contributed by atoms with Gasteiger partial charge in [-0.3, -0.25) is 0 Å². The molecule has 0 unspecified atom stereocenters. The van der Waals surface area contributed by atoms with E-state index in [2.05, 4.69) is 15.4 Å². The van der Waals surface area contributed by atoms with E-state index in [1.807, 2.05) is 0 Å². The standard InChI is InChI=1S/C7H6ClN3O/c1-3-6(8)5(12)2-4-7(3)10-11-9-4/h2,12H,1H3,(H,9,10,11). The van der Waals surface area contributed by atoms with Gasteiger partial charge >= 0.3 is 0 Å². The predicted molar refractivity (Wildman–Crippen MR) is 45.3 cm³/mol. The van der Waals surface area contributed by atoms with Gasteiger partial charge < -0.3 is 5.11 Å². The minimum atomic E-state index is 0.0376. The first-order chi connectivity index (χ1) is 5.70. The fourth-order valence-corrected chi connectivity index (χ4v) is 1.25. The molecule has 0 atom stereocenters. The van der Waals surface area contributed by atoms with Crippen molar-refractivity contribution in [1.82, 2.24) is 15.4 Å². The zero-order valence-corrected chi connectivity index (χ0v) is 7.05. The number of phenols is 1. The highest BCUT2D eigenvalue weighted by molar-refractivity contribution is 6.33. The van der Waals surface area contributed by atoms with Crippen molar-refractivity contribution in [2.24, 2.45) is 0 Å². The molecule has 0 aliphatic heterocycles. The van der Waals surface area contributed by atoms with E-state index in [0.29, 0.717) is 16.1 Å². The van der Waals surface area contributed by atoms with E-state index >= 15 is 0 Å². The molecule has 0 fully saturated rings. The van der Waals surface area contributed by atoms with Gasteiger partial charge in [0.05, 0.1) is 5.02 Å². The van der Waals surface area contributed by atoms with Crippen molar-refractivity contribution in [1.29, 1.82) is 0 Å². The van der Waals surface area contributed by atoms with Gasteiger partial charge in [0.1, 0.15) is 16.8 Å². The number of halogens is 1. The van der Waals surface area contributed by atoms with Crippen molar-refractivity contribution in [3.63, 3.8) is 0 Å². The summed E-state index contributed by atoms with van der Waals surface area (Å²) in [6.07, 6.45) is 0. The van der Waals surface area contributed by atoms with E-state index < -0.39 is 0 Å². The highest BCUT2D eigenvalue weighted by atomic mass is 35.5. The monoisotopic (exact) mass is 183 g/mol. The Kier molecular flexibility index (Phi) is 1.44. The molecule has 0 bridgehead atoms. The number of nitrogens with zero attached hydrogens (tertiary/aromatic N) is 2. The quantitative estimate of drug-likeness (QED) is 0.653. The third kappa shape index (κ3) is 0.848. The van der Waals surface area contributed by atoms with Crippen LogP contribution in [-0.4, -0.2) is 20.5 Å². The molecule has 0 amide bonds. The number of rotatable bonds is 0. The first kappa shape index (κ1) is 7.36. The van der Waals surface area contributed by atoms with Crippen LogP contribution in [0.4, 0.5) is 0 Å². The average molecular weight is 184 g/mol. The third-order valence-corrected chi connectivity index (χ3v) is 2.23. The van der Waals surface area contributed by atoms with Gasteiger partial charge in [0, 0.05) is 11.6 Å². The lowest BCUT2D eigenvalue weighted by Gasteiger charge is -1.99. The van der Waals surface area contributed by atoms with Crippen molar-refractivity contribution in [3.8, 4) is 5.75 Å². The van der Waals surface area contributed by atoms with E-state index in [9.17, 15) is 5.11 Å². The number of fused-ring (bicyclic) bond motifs is 1. The maximum Gasteiger partial charge on any atom is 0.136 e. The lowest BCUT2D eigenvalue weighted by molar-refractivity contribution is 0.476. The summed E-state index contributed by atoms with van der Waals surface area (Å²) >= 11 is 5.78. The normalized spacial score (nSPS) is 10.8. The summed E-state index contributed by atoms with van der Waals surface area (Å²) < 4.78 is 0. The Labute approximate surface area is 73.2 Å². The van der Waals surface area contributed by atoms with Gasteiger partial charge in [0.25, 0.3) is 0 Å². The zero-order valence-electron chi connectivity index (χ0n) is 6.30. The van der Waals surface area contributed by atoms with Crippen LogP contribution in [0.25, 0.3) is 11.0 Å². The Hall–Kier alpha value is -1.29. The minimum Gasteiger partial charge on any atom is -0.506 e. The molecular weight excluding hydrogens is 178 g/mol. The Bertz CT molecular complexity index is 437. The Morgan fingerprint density at radius 1 is 1.50 bits per heavy atom. The number of hydrogen-bond donors (Lipinski definition) is 2. The molecule has 1 heterocycles. The van der Waals surface area contributed by atoms with Crippen molar-refractivity contribution in [2.45, 2.75) is 6.92 Å². The van der Waals surface area contributed by atoms with Crippen LogP contribution in [0.15, 0.2) is 6.07 Å². The molecule has 0 saturated carbocycles. The van der Waals surface area contributed by atoms with Crippen LogP contribution < -0.4 is 0 Å². The highest BCUT2D eigenvalue weighted by Crippen LogP contribution is 2.31. The van der Waals surface area contributed by atoms with Crippen LogP contribution in [0.1, 0.15) is 5.56 Å². The van der Waals surface area contributed by atoms with E-state index in [4.69, 9.17) is 11.6 Å². The minimum absolute atomic E-state index is 0.0376. The second kappa shape index (κ2) is 2.35. The Balaban J connectivity index is 2.94. The summed E-state index contributed by atoms with van der Waals surface area (Å²) in [4.78, 5) is 0. The molecule has 0 aliphatic rings. The molecule has 2 aromatic rings. The molecule has 5 heteroatoms. The average Bonchev–Trinajstić information content (AvgIpc) is 2.48. The summed E-state index contributed by atoms with van der Waals surface area (Å²) in [7, 11) is 0. The van der Waals surface area contributed by atoms with Gasteiger partial charge in [-0.05, 0) is 6.92 Å². The number of phenolic OH excluding ortho intramolecular Hbond substituents is 1. The van der Waals surface area contributed by atoms with Crippen LogP contribution in [0, 0.1) is 6.92 Å². The van der Waals surface area contributed by atoms with E-state index in [0.717, 1.165) is 5.56 Å². The topological polar surface area (TPSA) is 61.8 Å². The maximum absolute atomic E-state index is 9.30. The first-order valence-electron chi connectivity index (χ1n) is 3.38. The molecule has 12 heavy (non-hydrogen) atoms. The molecular formula is C7H6ClN3O. The SMILES string of the molecule is Cc1c(Cl)c(O)cc2n[nH]nc12. The zero-order chi connectivity index (χ0) is 8.72. The summed E-state index contributed by atoms with van der Waals surface area (Å²) in [6.45, 7) is 1.78.